The second-order valence-electron chi connectivity index (χ2n) is 7.34. The lowest BCUT2D eigenvalue weighted by Gasteiger charge is -2.42. The lowest BCUT2D eigenvalue weighted by molar-refractivity contribution is -0.0596. The summed E-state index contributed by atoms with van der Waals surface area (Å²) in [5.41, 5.74) is 3.02. The highest BCUT2D eigenvalue weighted by Gasteiger charge is 2.37. The summed E-state index contributed by atoms with van der Waals surface area (Å²) in [6, 6.07) is 10.5. The summed E-state index contributed by atoms with van der Waals surface area (Å²) in [6.07, 6.45) is 2.67. The van der Waals surface area contributed by atoms with Gasteiger partial charge in [0.1, 0.15) is 5.82 Å². The largest absolute Gasteiger partial charge is 0.390 e. The zero-order chi connectivity index (χ0) is 17.2. The van der Waals surface area contributed by atoms with Gasteiger partial charge in [-0.05, 0) is 32.3 Å². The maximum absolute atomic E-state index is 10.8. The Labute approximate surface area is 144 Å². The fraction of sp³-hybridized carbons (Fsp3) is 0.550. The van der Waals surface area contributed by atoms with Gasteiger partial charge in [0.05, 0.1) is 11.3 Å². The van der Waals surface area contributed by atoms with Crippen LogP contribution in [0.25, 0.3) is 0 Å². The Balaban J connectivity index is 1.69. The van der Waals surface area contributed by atoms with Crippen molar-refractivity contribution in [2.45, 2.75) is 52.2 Å². The van der Waals surface area contributed by atoms with Crippen LogP contribution in [-0.2, 0) is 19.4 Å². The molecule has 24 heavy (non-hydrogen) atoms. The number of hydrogen-bond acceptors (Lipinski definition) is 3. The zero-order valence-corrected chi connectivity index (χ0v) is 15.0. The van der Waals surface area contributed by atoms with Crippen molar-refractivity contribution in [3.8, 4) is 0 Å². The Morgan fingerprint density at radius 3 is 2.75 bits per heavy atom. The average Bonchev–Trinajstić information content (AvgIpc) is 2.92. The molecule has 4 nitrogen and oxygen atoms in total. The van der Waals surface area contributed by atoms with Gasteiger partial charge in [-0.25, -0.2) is 4.98 Å². The number of benzene rings is 1. The van der Waals surface area contributed by atoms with Gasteiger partial charge in [0.25, 0.3) is 0 Å². The Bertz CT molecular complexity index is 663. The van der Waals surface area contributed by atoms with Gasteiger partial charge in [-0.15, -0.1) is 0 Å². The summed E-state index contributed by atoms with van der Waals surface area (Å²) >= 11 is 0. The maximum atomic E-state index is 10.8. The minimum Gasteiger partial charge on any atom is -0.390 e. The van der Waals surface area contributed by atoms with Crippen LogP contribution in [0.1, 0.15) is 43.0 Å². The number of aryl methyl sites for hydroxylation is 2. The number of likely N-dealkylation sites (tertiary alicyclic amines) is 1. The molecule has 0 aliphatic carbocycles. The summed E-state index contributed by atoms with van der Waals surface area (Å²) in [5, 5.41) is 10.8. The highest BCUT2D eigenvalue weighted by molar-refractivity contribution is 5.17. The predicted octanol–water partition coefficient (Wildman–Crippen LogP) is 3.10. The molecule has 0 spiro atoms. The molecule has 1 aromatic heterocycles. The van der Waals surface area contributed by atoms with E-state index in [1.54, 1.807) is 0 Å². The first-order valence-corrected chi connectivity index (χ1v) is 9.01. The van der Waals surface area contributed by atoms with Gasteiger partial charge in [0.2, 0.25) is 0 Å². The Morgan fingerprint density at radius 1 is 1.33 bits per heavy atom. The molecule has 0 saturated carbocycles. The third kappa shape index (κ3) is 3.87. The van der Waals surface area contributed by atoms with E-state index in [2.05, 4.69) is 48.0 Å². The molecule has 1 aliphatic heterocycles. The van der Waals surface area contributed by atoms with E-state index in [9.17, 15) is 5.11 Å². The monoisotopic (exact) mass is 327 g/mol. The van der Waals surface area contributed by atoms with Crippen LogP contribution in [0.4, 0.5) is 0 Å². The van der Waals surface area contributed by atoms with Crippen molar-refractivity contribution in [2.75, 3.05) is 13.1 Å². The van der Waals surface area contributed by atoms with E-state index >= 15 is 0 Å². The number of nitrogens with zero attached hydrogens (tertiary/aromatic N) is 2. The molecule has 2 N–H and O–H groups in total. The quantitative estimate of drug-likeness (QED) is 0.887. The smallest absolute Gasteiger partial charge is 0.106 e. The molecule has 1 saturated heterocycles. The molecule has 0 unspecified atom stereocenters. The lowest BCUT2D eigenvalue weighted by atomic mass is 9.79. The molecule has 130 valence electrons. The number of aliphatic hydroxyl groups is 1. The third-order valence-electron chi connectivity index (χ3n) is 5.36. The molecule has 0 amide bonds. The van der Waals surface area contributed by atoms with Gasteiger partial charge in [-0.2, -0.15) is 0 Å². The fourth-order valence-electron chi connectivity index (χ4n) is 3.61. The first-order chi connectivity index (χ1) is 11.5. The molecule has 0 radical (unpaired) electrons. The molecule has 2 aromatic rings. The molecule has 2 heterocycles. The molecule has 1 aromatic carbocycles. The van der Waals surface area contributed by atoms with E-state index < -0.39 is 5.60 Å². The molecular weight excluding hydrogens is 298 g/mol. The van der Waals surface area contributed by atoms with Gasteiger partial charge >= 0.3 is 0 Å². The summed E-state index contributed by atoms with van der Waals surface area (Å²) in [6.45, 7) is 8.91. The van der Waals surface area contributed by atoms with E-state index in [0.717, 1.165) is 50.4 Å². The minimum atomic E-state index is -0.596. The number of H-pyrrole nitrogens is 1. The van der Waals surface area contributed by atoms with E-state index in [-0.39, 0.29) is 5.92 Å². The van der Waals surface area contributed by atoms with Crippen molar-refractivity contribution in [2.24, 2.45) is 5.92 Å². The number of rotatable bonds is 5. The summed E-state index contributed by atoms with van der Waals surface area (Å²) in [7, 11) is 0. The summed E-state index contributed by atoms with van der Waals surface area (Å²) < 4.78 is 0. The zero-order valence-electron chi connectivity index (χ0n) is 15.0. The van der Waals surface area contributed by atoms with Crippen LogP contribution in [-0.4, -0.2) is 38.7 Å². The minimum absolute atomic E-state index is 0.249. The van der Waals surface area contributed by atoms with Crippen molar-refractivity contribution in [1.29, 1.82) is 0 Å². The van der Waals surface area contributed by atoms with Crippen LogP contribution in [0.15, 0.2) is 30.3 Å². The van der Waals surface area contributed by atoms with Crippen molar-refractivity contribution < 1.29 is 5.11 Å². The van der Waals surface area contributed by atoms with Gasteiger partial charge in [-0.1, -0.05) is 37.3 Å². The standard InChI is InChI=1S/C20H29N3O/c1-4-19-21-15(2)18(22-19)14-23-11-10-20(3,24)17(13-23)12-16-8-6-5-7-9-16/h5-9,17,24H,4,10-14H2,1-3H3,(H,21,22)/t17-,20+/m0/s1. The third-order valence-corrected chi connectivity index (χ3v) is 5.36. The van der Waals surface area contributed by atoms with Gasteiger partial charge in [0, 0.05) is 37.7 Å². The van der Waals surface area contributed by atoms with Gasteiger partial charge < -0.3 is 10.1 Å². The number of piperidine rings is 1. The molecular formula is C20H29N3O. The van der Waals surface area contributed by atoms with Crippen LogP contribution in [0.3, 0.4) is 0 Å². The number of aromatic amines is 1. The lowest BCUT2D eigenvalue weighted by Crippen LogP contribution is -2.50. The van der Waals surface area contributed by atoms with E-state index in [1.165, 1.54) is 11.3 Å². The van der Waals surface area contributed by atoms with E-state index in [0.29, 0.717) is 0 Å². The van der Waals surface area contributed by atoms with Crippen molar-refractivity contribution in [3.05, 3.63) is 53.1 Å². The van der Waals surface area contributed by atoms with Crippen molar-refractivity contribution in [1.82, 2.24) is 14.9 Å². The number of nitrogens with one attached hydrogen (secondary N) is 1. The Hall–Kier alpha value is -1.65. The SMILES string of the molecule is CCc1nc(CN2CC[C@@](C)(O)[C@@H](Cc3ccccc3)C2)c(C)[nH]1. The van der Waals surface area contributed by atoms with Crippen LogP contribution in [0.2, 0.25) is 0 Å². The van der Waals surface area contributed by atoms with Crippen LogP contribution >= 0.6 is 0 Å². The van der Waals surface area contributed by atoms with Crippen LogP contribution < -0.4 is 0 Å². The van der Waals surface area contributed by atoms with E-state index in [1.807, 2.05) is 13.0 Å². The molecule has 2 atom stereocenters. The van der Waals surface area contributed by atoms with Crippen molar-refractivity contribution >= 4 is 0 Å². The van der Waals surface area contributed by atoms with Crippen molar-refractivity contribution in [3.63, 3.8) is 0 Å². The van der Waals surface area contributed by atoms with Gasteiger partial charge in [-0.3, -0.25) is 4.90 Å². The second-order valence-corrected chi connectivity index (χ2v) is 7.34. The molecule has 4 heteroatoms. The maximum Gasteiger partial charge on any atom is 0.106 e. The van der Waals surface area contributed by atoms with Crippen LogP contribution in [0.5, 0.6) is 0 Å². The Kier molecular flexibility index (Phi) is 5.07. The normalized spacial score (nSPS) is 25.1. The number of hydrogen-bond donors (Lipinski definition) is 2. The first-order valence-electron chi connectivity index (χ1n) is 9.01. The Morgan fingerprint density at radius 2 is 2.08 bits per heavy atom. The first kappa shape index (κ1) is 17.2. The molecule has 3 rings (SSSR count). The molecule has 1 aliphatic rings. The number of imidazole rings is 1. The summed E-state index contributed by atoms with van der Waals surface area (Å²) in [4.78, 5) is 10.5. The highest BCUT2D eigenvalue weighted by atomic mass is 16.3. The molecule has 0 bridgehead atoms. The predicted molar refractivity (Wildman–Crippen MR) is 96.9 cm³/mol. The average molecular weight is 327 g/mol. The van der Waals surface area contributed by atoms with E-state index in [4.69, 9.17) is 4.98 Å². The molecule has 1 fully saturated rings. The summed E-state index contributed by atoms with van der Waals surface area (Å²) in [5.74, 6) is 1.31. The van der Waals surface area contributed by atoms with Gasteiger partial charge in [0.15, 0.2) is 0 Å². The fourth-order valence-corrected chi connectivity index (χ4v) is 3.61. The number of aromatic nitrogens is 2. The topological polar surface area (TPSA) is 52.1 Å². The second kappa shape index (κ2) is 7.08. The van der Waals surface area contributed by atoms with Crippen LogP contribution in [0, 0.1) is 12.8 Å². The highest BCUT2D eigenvalue weighted by Crippen LogP contribution is 2.31.